The van der Waals surface area contributed by atoms with E-state index >= 15 is 0 Å². The van der Waals surface area contributed by atoms with Crippen LogP contribution in [0.2, 0.25) is 0 Å². The second-order valence-electron chi connectivity index (χ2n) is 4.65. The molecule has 100 valence electrons. The average Bonchev–Trinajstić information content (AvgIpc) is 2.28. The third-order valence-electron chi connectivity index (χ3n) is 3.09. The second kappa shape index (κ2) is 4.60. The Hall–Kier alpha value is -0.980. The molecule has 1 heterocycles. The quantitative estimate of drug-likeness (QED) is 0.875. The van der Waals surface area contributed by atoms with E-state index in [1.165, 1.54) is 12.1 Å². The third kappa shape index (κ3) is 2.41. The molecule has 1 aliphatic heterocycles. The van der Waals surface area contributed by atoms with Crippen molar-refractivity contribution in [3.8, 4) is 0 Å². The Kier molecular flexibility index (Phi) is 3.44. The maximum absolute atomic E-state index is 14.3. The summed E-state index contributed by atoms with van der Waals surface area (Å²) >= 11 is 0. The van der Waals surface area contributed by atoms with Crippen LogP contribution in [0.25, 0.3) is 0 Å². The first-order valence-electron chi connectivity index (χ1n) is 5.68. The number of halogens is 1. The lowest BCUT2D eigenvalue weighted by Crippen LogP contribution is -2.46. The molecule has 4 nitrogen and oxygen atoms in total. The molecule has 0 radical (unpaired) electrons. The predicted octanol–water partition coefficient (Wildman–Crippen LogP) is 1.06. The van der Waals surface area contributed by atoms with Gasteiger partial charge in [-0.05, 0) is 13.0 Å². The fourth-order valence-corrected chi connectivity index (χ4v) is 2.87. The summed E-state index contributed by atoms with van der Waals surface area (Å²) in [7, 11) is -3.57. The Morgan fingerprint density at radius 2 is 2.17 bits per heavy atom. The highest BCUT2D eigenvalue weighted by molar-refractivity contribution is 7.90. The predicted molar refractivity (Wildman–Crippen MR) is 65.7 cm³/mol. The number of nitrogens with one attached hydrogen (secondary N) is 1. The van der Waals surface area contributed by atoms with Crippen molar-refractivity contribution in [2.24, 2.45) is 0 Å². The number of benzene rings is 1. The topological polar surface area (TPSA) is 55.4 Å². The minimum atomic E-state index is -3.57. The zero-order valence-corrected chi connectivity index (χ0v) is 11.2. The molecular weight excluding hydrogens is 257 g/mol. The number of hydrogen-bond acceptors (Lipinski definition) is 4. The number of ether oxygens (including phenoxy) is 1. The monoisotopic (exact) mass is 273 g/mol. The molecule has 1 unspecified atom stereocenters. The molecule has 1 atom stereocenters. The maximum Gasteiger partial charge on any atom is 0.178 e. The number of hydrogen-bond donors (Lipinski definition) is 1. The van der Waals surface area contributed by atoms with Crippen LogP contribution >= 0.6 is 0 Å². The van der Waals surface area contributed by atoms with E-state index in [0.717, 1.165) is 6.26 Å². The molecule has 2 rings (SSSR count). The highest BCUT2D eigenvalue weighted by atomic mass is 32.2. The molecular formula is C12H16FNO3S. The van der Waals surface area contributed by atoms with Gasteiger partial charge in [-0.2, -0.15) is 0 Å². The number of rotatable bonds is 2. The van der Waals surface area contributed by atoms with Gasteiger partial charge in [0.15, 0.2) is 9.84 Å². The lowest BCUT2D eigenvalue weighted by molar-refractivity contribution is -0.0596. The van der Waals surface area contributed by atoms with Gasteiger partial charge in [0.1, 0.15) is 16.3 Å². The molecule has 0 aromatic heterocycles. The molecule has 0 aliphatic carbocycles. The molecule has 1 fully saturated rings. The lowest BCUT2D eigenvalue weighted by atomic mass is 9.94. The third-order valence-corrected chi connectivity index (χ3v) is 4.21. The summed E-state index contributed by atoms with van der Waals surface area (Å²) in [5.41, 5.74) is -0.555. The van der Waals surface area contributed by atoms with Crippen LogP contribution in [-0.4, -0.2) is 34.4 Å². The van der Waals surface area contributed by atoms with Crippen LogP contribution in [0.3, 0.4) is 0 Å². The largest absolute Gasteiger partial charge is 0.368 e. The summed E-state index contributed by atoms with van der Waals surface area (Å²) in [6.07, 6.45) is 0.998. The lowest BCUT2D eigenvalue weighted by Gasteiger charge is -2.35. The van der Waals surface area contributed by atoms with Gasteiger partial charge in [0, 0.05) is 24.9 Å². The van der Waals surface area contributed by atoms with Crippen LogP contribution in [0.5, 0.6) is 0 Å². The Balaban J connectivity index is 2.52. The molecule has 0 amide bonds. The molecule has 1 aliphatic rings. The Morgan fingerprint density at radius 1 is 1.44 bits per heavy atom. The van der Waals surface area contributed by atoms with Gasteiger partial charge in [-0.25, -0.2) is 12.8 Å². The van der Waals surface area contributed by atoms with Crippen molar-refractivity contribution >= 4 is 9.84 Å². The molecule has 0 spiro atoms. The Labute approximate surface area is 106 Å². The van der Waals surface area contributed by atoms with Gasteiger partial charge in [-0.15, -0.1) is 0 Å². The van der Waals surface area contributed by atoms with Crippen molar-refractivity contribution in [1.29, 1.82) is 0 Å². The van der Waals surface area contributed by atoms with E-state index in [2.05, 4.69) is 5.32 Å². The van der Waals surface area contributed by atoms with Crippen LogP contribution in [0.4, 0.5) is 4.39 Å². The van der Waals surface area contributed by atoms with Gasteiger partial charge in [-0.1, -0.05) is 12.1 Å². The molecule has 1 aromatic rings. The summed E-state index contributed by atoms with van der Waals surface area (Å²) in [5.74, 6) is -0.716. The first-order chi connectivity index (χ1) is 8.34. The van der Waals surface area contributed by atoms with Gasteiger partial charge in [0.25, 0.3) is 0 Å². The summed E-state index contributed by atoms with van der Waals surface area (Å²) in [6.45, 7) is 3.39. The van der Waals surface area contributed by atoms with Crippen molar-refractivity contribution in [3.05, 3.63) is 29.6 Å². The highest BCUT2D eigenvalue weighted by Gasteiger charge is 2.34. The Bertz CT molecular complexity index is 550. The second-order valence-corrected chi connectivity index (χ2v) is 6.63. The molecule has 1 saturated heterocycles. The van der Waals surface area contributed by atoms with Crippen molar-refractivity contribution in [1.82, 2.24) is 5.32 Å². The smallest absolute Gasteiger partial charge is 0.178 e. The van der Waals surface area contributed by atoms with Crippen molar-refractivity contribution in [2.45, 2.75) is 17.4 Å². The summed E-state index contributed by atoms with van der Waals surface area (Å²) in [6, 6.07) is 4.38. The number of sulfone groups is 1. The standard InChI is InChI=1S/C12H16FNO3S/c1-12(8-14-6-7-17-12)9-4-3-5-10(11(9)13)18(2,15)16/h3-5,14H,6-8H2,1-2H3. The van der Waals surface area contributed by atoms with Gasteiger partial charge >= 0.3 is 0 Å². The van der Waals surface area contributed by atoms with Gasteiger partial charge in [-0.3, -0.25) is 0 Å². The summed E-state index contributed by atoms with van der Waals surface area (Å²) in [4.78, 5) is -0.282. The first-order valence-corrected chi connectivity index (χ1v) is 7.57. The fourth-order valence-electron chi connectivity index (χ4n) is 2.10. The Morgan fingerprint density at radius 3 is 2.72 bits per heavy atom. The van der Waals surface area contributed by atoms with Crippen molar-refractivity contribution in [2.75, 3.05) is 26.0 Å². The summed E-state index contributed by atoms with van der Waals surface area (Å²) in [5, 5.41) is 3.12. The van der Waals surface area contributed by atoms with Crippen LogP contribution in [0, 0.1) is 5.82 Å². The normalized spacial score (nSPS) is 25.1. The van der Waals surface area contributed by atoms with Crippen LogP contribution in [0.15, 0.2) is 23.1 Å². The minimum Gasteiger partial charge on any atom is -0.368 e. The summed E-state index contributed by atoms with van der Waals surface area (Å²) < 4.78 is 42.9. The molecule has 6 heteroatoms. The van der Waals surface area contributed by atoms with Crippen LogP contribution < -0.4 is 5.32 Å². The highest BCUT2D eigenvalue weighted by Crippen LogP contribution is 2.31. The SMILES string of the molecule is CC1(c2cccc(S(C)(=O)=O)c2F)CNCCO1. The maximum atomic E-state index is 14.3. The first kappa shape index (κ1) is 13.5. The number of morpholine rings is 1. The van der Waals surface area contributed by atoms with E-state index in [1.807, 2.05) is 0 Å². The molecule has 0 saturated carbocycles. The van der Waals surface area contributed by atoms with Gasteiger partial charge < -0.3 is 10.1 Å². The zero-order valence-electron chi connectivity index (χ0n) is 10.4. The van der Waals surface area contributed by atoms with E-state index in [1.54, 1.807) is 13.0 Å². The van der Waals surface area contributed by atoms with E-state index < -0.39 is 21.3 Å². The average molecular weight is 273 g/mol. The van der Waals surface area contributed by atoms with Gasteiger partial charge in [0.2, 0.25) is 0 Å². The van der Waals surface area contributed by atoms with E-state index in [9.17, 15) is 12.8 Å². The molecule has 0 bridgehead atoms. The fraction of sp³-hybridized carbons (Fsp3) is 0.500. The van der Waals surface area contributed by atoms with Crippen LogP contribution in [0.1, 0.15) is 12.5 Å². The van der Waals surface area contributed by atoms with Crippen molar-refractivity contribution in [3.63, 3.8) is 0 Å². The minimum absolute atomic E-state index is 0.276. The van der Waals surface area contributed by atoms with E-state index in [-0.39, 0.29) is 10.5 Å². The van der Waals surface area contributed by atoms with E-state index in [4.69, 9.17) is 4.74 Å². The molecule has 1 N–H and O–H groups in total. The van der Waals surface area contributed by atoms with Crippen molar-refractivity contribution < 1.29 is 17.5 Å². The zero-order chi connectivity index (χ0) is 13.4. The molecule has 1 aromatic carbocycles. The van der Waals surface area contributed by atoms with Gasteiger partial charge in [0.05, 0.1) is 6.61 Å². The molecule has 18 heavy (non-hydrogen) atoms. The van der Waals surface area contributed by atoms with Crippen LogP contribution in [-0.2, 0) is 20.2 Å². The van der Waals surface area contributed by atoms with E-state index in [0.29, 0.717) is 19.7 Å².